The fraction of sp³-hybridized carbons (Fsp3) is 0.429. The second kappa shape index (κ2) is 7.02. The van der Waals surface area contributed by atoms with Gasteiger partial charge in [-0.3, -0.25) is 0 Å². The molecule has 3 aromatic rings. The Morgan fingerprint density at radius 3 is 2.90 bits per heavy atom. The number of hydrogen-bond donors (Lipinski definition) is 2. The van der Waals surface area contributed by atoms with Gasteiger partial charge in [0.2, 0.25) is 0 Å². The maximum Gasteiger partial charge on any atom is 0.169 e. The lowest BCUT2D eigenvalue weighted by molar-refractivity contribution is 0.297. The van der Waals surface area contributed by atoms with Crippen molar-refractivity contribution in [2.75, 3.05) is 29.9 Å². The Hall–Kier alpha value is -3.07. The minimum Gasteiger partial charge on any atom is -0.492 e. The molecule has 9 heteroatoms. The summed E-state index contributed by atoms with van der Waals surface area (Å²) >= 11 is 0. The molecule has 2 bridgehead atoms. The Labute approximate surface area is 172 Å². The Kier molecular flexibility index (Phi) is 4.15. The van der Waals surface area contributed by atoms with Crippen molar-refractivity contribution in [2.45, 2.75) is 31.3 Å². The van der Waals surface area contributed by atoms with Gasteiger partial charge in [-0.1, -0.05) is 0 Å². The molecule has 3 fully saturated rings. The largest absolute Gasteiger partial charge is 0.492 e. The summed E-state index contributed by atoms with van der Waals surface area (Å²) in [5.41, 5.74) is 1.30. The van der Waals surface area contributed by atoms with Crippen molar-refractivity contribution in [3.63, 3.8) is 0 Å². The normalized spacial score (nSPS) is 22.6. The Balaban J connectivity index is 1.27. The first-order valence-electron chi connectivity index (χ1n) is 10.4. The zero-order valence-corrected chi connectivity index (χ0v) is 16.4. The highest BCUT2D eigenvalue weighted by Crippen LogP contribution is 2.32. The number of hydrogen-bond acceptors (Lipinski definition) is 8. The van der Waals surface area contributed by atoms with Gasteiger partial charge in [-0.2, -0.15) is 0 Å². The van der Waals surface area contributed by atoms with E-state index in [1.165, 1.54) is 31.4 Å². The zero-order valence-electron chi connectivity index (χ0n) is 16.4. The van der Waals surface area contributed by atoms with E-state index in [4.69, 9.17) is 9.72 Å². The van der Waals surface area contributed by atoms with Gasteiger partial charge in [0.25, 0.3) is 0 Å². The smallest absolute Gasteiger partial charge is 0.169 e. The van der Waals surface area contributed by atoms with Gasteiger partial charge in [0, 0.05) is 31.2 Å². The van der Waals surface area contributed by atoms with Crippen LogP contribution in [0.3, 0.4) is 0 Å². The van der Waals surface area contributed by atoms with Crippen LogP contribution in [0.25, 0.3) is 11.0 Å². The highest BCUT2D eigenvalue weighted by molar-refractivity contribution is 5.87. The monoisotopic (exact) mass is 407 g/mol. The number of aromatic nitrogens is 4. The molecule has 6 rings (SSSR count). The van der Waals surface area contributed by atoms with E-state index in [2.05, 4.69) is 30.5 Å². The van der Waals surface area contributed by atoms with E-state index in [1.54, 1.807) is 0 Å². The molecule has 2 saturated heterocycles. The standard InChI is InChI=1S/C21H22FN7O/c22-16-6-15(30-10-12-1-2-12)8-24-20(16)28-21-19-17(25-11-26-21)3-4-18(27-19)29-9-13-5-14(29)7-23-13/h3-4,6,8,11-14,23H,1-2,5,7,9-10H2,(H,24,25,26,28)/t13-,14-/m0/s1. The van der Waals surface area contributed by atoms with E-state index in [9.17, 15) is 4.39 Å². The second-order valence-corrected chi connectivity index (χ2v) is 8.29. The number of nitrogens with one attached hydrogen (secondary N) is 2. The first-order valence-corrected chi connectivity index (χ1v) is 10.4. The zero-order chi connectivity index (χ0) is 20.1. The number of rotatable bonds is 6. The van der Waals surface area contributed by atoms with Crippen LogP contribution in [0.1, 0.15) is 19.3 Å². The fourth-order valence-electron chi connectivity index (χ4n) is 4.22. The Morgan fingerprint density at radius 1 is 1.20 bits per heavy atom. The third kappa shape index (κ3) is 3.28. The SMILES string of the molecule is Fc1cc(OCC2CC2)cnc1Nc1ncnc2ccc(N3C[C@@H]4C[C@H]3CN4)nc12. The van der Waals surface area contributed by atoms with Crippen LogP contribution in [0.15, 0.2) is 30.7 Å². The van der Waals surface area contributed by atoms with Crippen LogP contribution in [0.2, 0.25) is 0 Å². The van der Waals surface area contributed by atoms with E-state index in [0.29, 0.717) is 47.2 Å². The molecule has 0 unspecified atom stereocenters. The van der Waals surface area contributed by atoms with Gasteiger partial charge < -0.3 is 20.3 Å². The molecular weight excluding hydrogens is 385 g/mol. The van der Waals surface area contributed by atoms with E-state index in [0.717, 1.165) is 25.3 Å². The van der Waals surface area contributed by atoms with Gasteiger partial charge in [-0.05, 0) is 37.3 Å². The minimum absolute atomic E-state index is 0.0883. The molecule has 0 aromatic carbocycles. The summed E-state index contributed by atoms with van der Waals surface area (Å²) in [5.74, 6) is 1.96. The maximum atomic E-state index is 14.6. The molecule has 2 N–H and O–H groups in total. The van der Waals surface area contributed by atoms with Crippen molar-refractivity contribution in [1.82, 2.24) is 25.3 Å². The molecule has 5 heterocycles. The number of ether oxygens (including phenoxy) is 1. The number of halogens is 1. The molecule has 3 aromatic heterocycles. The Morgan fingerprint density at radius 2 is 2.13 bits per heavy atom. The molecule has 2 atom stereocenters. The molecule has 0 radical (unpaired) electrons. The third-order valence-corrected chi connectivity index (χ3v) is 6.05. The lowest BCUT2D eigenvalue weighted by atomic mass is 10.2. The van der Waals surface area contributed by atoms with E-state index >= 15 is 0 Å². The molecular formula is C21H22FN7O. The van der Waals surface area contributed by atoms with Crippen molar-refractivity contribution >= 4 is 28.5 Å². The van der Waals surface area contributed by atoms with E-state index in [1.807, 2.05) is 12.1 Å². The fourth-order valence-corrected chi connectivity index (χ4v) is 4.22. The highest BCUT2D eigenvalue weighted by Gasteiger charge is 2.38. The summed E-state index contributed by atoms with van der Waals surface area (Å²) in [6, 6.07) is 6.26. The van der Waals surface area contributed by atoms with Gasteiger partial charge >= 0.3 is 0 Å². The number of anilines is 3. The van der Waals surface area contributed by atoms with E-state index in [-0.39, 0.29) is 5.82 Å². The average Bonchev–Trinajstić information content (AvgIpc) is 3.35. The second-order valence-electron chi connectivity index (χ2n) is 8.29. The van der Waals surface area contributed by atoms with Crippen LogP contribution in [0.5, 0.6) is 5.75 Å². The molecule has 0 amide bonds. The van der Waals surface area contributed by atoms with Crippen LogP contribution < -0.4 is 20.3 Å². The van der Waals surface area contributed by atoms with Crippen molar-refractivity contribution in [3.05, 3.63) is 36.5 Å². The summed E-state index contributed by atoms with van der Waals surface area (Å²) in [6.07, 6.45) is 6.48. The third-order valence-electron chi connectivity index (χ3n) is 6.05. The van der Waals surface area contributed by atoms with Crippen molar-refractivity contribution in [3.8, 4) is 5.75 Å². The van der Waals surface area contributed by atoms with Crippen LogP contribution in [-0.2, 0) is 0 Å². The molecule has 1 aliphatic carbocycles. The molecule has 2 aliphatic heterocycles. The predicted molar refractivity (Wildman–Crippen MR) is 111 cm³/mol. The maximum absolute atomic E-state index is 14.6. The molecule has 3 aliphatic rings. The topological polar surface area (TPSA) is 88.1 Å². The first-order chi connectivity index (χ1) is 14.7. The van der Waals surface area contributed by atoms with Crippen LogP contribution >= 0.6 is 0 Å². The summed E-state index contributed by atoms with van der Waals surface area (Å²) in [7, 11) is 0. The predicted octanol–water partition coefficient (Wildman–Crippen LogP) is 2.64. The van der Waals surface area contributed by atoms with Crippen LogP contribution in [0.4, 0.5) is 21.8 Å². The van der Waals surface area contributed by atoms with Crippen molar-refractivity contribution < 1.29 is 9.13 Å². The molecule has 30 heavy (non-hydrogen) atoms. The Bertz CT molecular complexity index is 1110. The molecule has 0 spiro atoms. The van der Waals surface area contributed by atoms with Crippen LogP contribution in [0, 0.1) is 11.7 Å². The molecule has 154 valence electrons. The van der Waals surface area contributed by atoms with Gasteiger partial charge in [-0.15, -0.1) is 0 Å². The van der Waals surface area contributed by atoms with Gasteiger partial charge in [0.15, 0.2) is 17.5 Å². The minimum atomic E-state index is -0.492. The summed E-state index contributed by atoms with van der Waals surface area (Å²) < 4.78 is 20.2. The van der Waals surface area contributed by atoms with Crippen molar-refractivity contribution in [2.24, 2.45) is 5.92 Å². The number of piperazine rings is 1. The highest BCUT2D eigenvalue weighted by atomic mass is 19.1. The molecule has 8 nitrogen and oxygen atoms in total. The summed E-state index contributed by atoms with van der Waals surface area (Å²) in [4.78, 5) is 19.9. The first kappa shape index (κ1) is 17.8. The number of pyridine rings is 2. The lowest BCUT2D eigenvalue weighted by Crippen LogP contribution is -2.44. The lowest BCUT2D eigenvalue weighted by Gasteiger charge is -2.28. The summed E-state index contributed by atoms with van der Waals surface area (Å²) in [6.45, 7) is 2.54. The van der Waals surface area contributed by atoms with Gasteiger partial charge in [0.05, 0.1) is 18.3 Å². The average molecular weight is 407 g/mol. The number of fused-ring (bicyclic) bond motifs is 3. The number of nitrogens with zero attached hydrogens (tertiary/aromatic N) is 5. The van der Waals surface area contributed by atoms with Gasteiger partial charge in [-0.25, -0.2) is 24.3 Å². The van der Waals surface area contributed by atoms with E-state index < -0.39 is 5.82 Å². The van der Waals surface area contributed by atoms with Gasteiger partial charge in [0.1, 0.15) is 23.4 Å². The molecule has 1 saturated carbocycles. The summed E-state index contributed by atoms with van der Waals surface area (Å²) in [5, 5.41) is 6.48. The van der Waals surface area contributed by atoms with Crippen molar-refractivity contribution in [1.29, 1.82) is 0 Å². The quantitative estimate of drug-likeness (QED) is 0.645. The van der Waals surface area contributed by atoms with Crippen LogP contribution in [-0.4, -0.2) is 51.7 Å².